The molecule has 1 heterocycles. The van der Waals surface area contributed by atoms with Crippen molar-refractivity contribution in [2.45, 2.75) is 64.8 Å². The van der Waals surface area contributed by atoms with Crippen LogP contribution in [0.4, 0.5) is 28.9 Å². The lowest BCUT2D eigenvalue weighted by molar-refractivity contribution is -0.117. The van der Waals surface area contributed by atoms with Crippen molar-refractivity contribution in [3.05, 3.63) is 58.7 Å². The van der Waals surface area contributed by atoms with E-state index < -0.39 is 17.7 Å². The van der Waals surface area contributed by atoms with Crippen molar-refractivity contribution in [1.29, 1.82) is 0 Å². The number of carbonyl (C=O) groups is 1. The van der Waals surface area contributed by atoms with Crippen LogP contribution in [0.15, 0.2) is 30.3 Å². The van der Waals surface area contributed by atoms with E-state index in [1.165, 1.54) is 18.2 Å². The smallest absolute Gasteiger partial charge is 0.249 e. The quantitative estimate of drug-likeness (QED) is 0.528. The van der Waals surface area contributed by atoms with Crippen LogP contribution in [0.3, 0.4) is 0 Å². The van der Waals surface area contributed by atoms with Gasteiger partial charge in [0.25, 0.3) is 0 Å². The molecule has 2 aliphatic rings. The monoisotopic (exact) mass is 450 g/mol. The molecule has 7 heteroatoms. The molecule has 0 aromatic heterocycles. The first kappa shape index (κ1) is 22.6. The number of anilines is 2. The van der Waals surface area contributed by atoms with Gasteiger partial charge in [-0.3, -0.25) is 4.79 Å². The number of benzene rings is 2. The van der Waals surface area contributed by atoms with Gasteiger partial charge in [-0.05, 0) is 58.7 Å². The minimum atomic E-state index is -2.77. The van der Waals surface area contributed by atoms with E-state index in [1.807, 2.05) is 25.7 Å². The predicted molar refractivity (Wildman–Crippen MR) is 119 cm³/mol. The van der Waals surface area contributed by atoms with Gasteiger partial charge in [-0.25, -0.2) is 17.6 Å². The Morgan fingerprint density at radius 3 is 2.53 bits per heavy atom. The molecule has 2 aromatic rings. The lowest BCUT2D eigenvalue weighted by Gasteiger charge is -2.37. The number of carbonyl (C=O) groups excluding carboxylic acids is 1. The van der Waals surface area contributed by atoms with E-state index in [2.05, 4.69) is 5.32 Å². The van der Waals surface area contributed by atoms with Gasteiger partial charge in [-0.1, -0.05) is 26.8 Å². The molecule has 32 heavy (non-hydrogen) atoms. The molecule has 174 valence electrons. The number of amides is 1. The number of hydrogen-bond donors (Lipinski definition) is 1. The Labute approximate surface area is 187 Å². The van der Waals surface area contributed by atoms with E-state index in [-0.39, 0.29) is 43.5 Å². The molecule has 1 fully saturated rings. The Balaban J connectivity index is 0.00000306. The highest BCUT2D eigenvalue weighted by molar-refractivity contribution is 5.92. The number of alkyl halides is 2. The highest BCUT2D eigenvalue weighted by atomic mass is 19.3. The van der Waals surface area contributed by atoms with Crippen molar-refractivity contribution in [1.82, 2.24) is 0 Å². The van der Waals surface area contributed by atoms with Crippen LogP contribution >= 0.6 is 0 Å². The number of fused-ring (bicyclic) bond motifs is 1. The first-order chi connectivity index (χ1) is 14.9. The minimum Gasteiger partial charge on any atom is -0.367 e. The fraction of sp³-hybridized carbons (Fsp3) is 0.480. The molecule has 0 radical (unpaired) electrons. The van der Waals surface area contributed by atoms with E-state index in [0.29, 0.717) is 30.8 Å². The second-order valence-electron chi connectivity index (χ2n) is 10.2. The maximum atomic E-state index is 15.2. The summed E-state index contributed by atoms with van der Waals surface area (Å²) in [5, 5.41) is 2.64. The first-order valence-electron chi connectivity index (χ1n) is 10.9. The van der Waals surface area contributed by atoms with Crippen molar-refractivity contribution < 1.29 is 23.8 Å². The largest absolute Gasteiger partial charge is 0.367 e. The summed E-state index contributed by atoms with van der Waals surface area (Å²) in [4.78, 5) is 14.4. The number of rotatable bonds is 4. The van der Waals surface area contributed by atoms with Crippen molar-refractivity contribution >= 4 is 17.3 Å². The Hall–Kier alpha value is -2.57. The van der Waals surface area contributed by atoms with Crippen molar-refractivity contribution in [2.75, 3.05) is 16.8 Å². The summed E-state index contributed by atoms with van der Waals surface area (Å²) in [7, 11) is 0. The van der Waals surface area contributed by atoms with Gasteiger partial charge in [0.1, 0.15) is 11.6 Å². The van der Waals surface area contributed by atoms with Gasteiger partial charge in [0.2, 0.25) is 11.8 Å². The Bertz CT molecular complexity index is 1040. The highest BCUT2D eigenvalue weighted by Gasteiger charge is 2.47. The second-order valence-corrected chi connectivity index (χ2v) is 10.2. The van der Waals surface area contributed by atoms with Crippen LogP contribution in [0, 0.1) is 17.0 Å². The molecule has 1 aliphatic carbocycles. The Kier molecular flexibility index (Phi) is 5.72. The number of nitrogens with zero attached hydrogens (tertiary/aromatic N) is 1. The normalized spacial score (nSPS) is 18.2. The van der Waals surface area contributed by atoms with Crippen LogP contribution in [0.1, 0.15) is 64.1 Å². The molecule has 0 unspecified atom stereocenters. The summed E-state index contributed by atoms with van der Waals surface area (Å²) < 4.78 is 56.0. The van der Waals surface area contributed by atoms with Gasteiger partial charge in [0.05, 0.1) is 5.69 Å². The molecular formula is C25H30F4N2O. The van der Waals surface area contributed by atoms with Crippen molar-refractivity contribution in [3.63, 3.8) is 0 Å². The standard InChI is InChI=1S/C25H28F4N2O.H2/c1-24(2,3)13-22(32)30-23-20(17-11-25(28,29)12-17)9-19(10-21(23)27)31-7-6-15-8-18(26)5-4-16(15)14-31;/h4-5,8-10,17H,6-7,11-14H2,1-3H3,(H,30,32);1H. The third-order valence-electron chi connectivity index (χ3n) is 6.14. The summed E-state index contributed by atoms with van der Waals surface area (Å²) in [5.74, 6) is -4.54. The molecule has 1 aliphatic heterocycles. The molecule has 0 saturated heterocycles. The predicted octanol–water partition coefficient (Wildman–Crippen LogP) is 6.66. The highest BCUT2D eigenvalue weighted by Crippen LogP contribution is 2.51. The van der Waals surface area contributed by atoms with Gasteiger partial charge < -0.3 is 10.2 Å². The SMILES string of the molecule is CC(C)(C)CC(=O)Nc1c(F)cc(N2CCc3cc(F)ccc3C2)cc1C1CC(F)(F)C1.[HH]. The van der Waals surface area contributed by atoms with Crippen LogP contribution in [-0.2, 0) is 17.8 Å². The fourth-order valence-corrected chi connectivity index (χ4v) is 4.54. The van der Waals surface area contributed by atoms with E-state index >= 15 is 4.39 Å². The molecule has 0 atom stereocenters. The second kappa shape index (κ2) is 8.09. The average Bonchev–Trinajstić information content (AvgIpc) is 2.65. The third kappa shape index (κ3) is 4.92. The summed E-state index contributed by atoms with van der Waals surface area (Å²) in [5.41, 5.74) is 2.59. The number of nitrogens with one attached hydrogen (secondary N) is 1. The zero-order chi connectivity index (χ0) is 23.3. The maximum absolute atomic E-state index is 15.2. The van der Waals surface area contributed by atoms with Gasteiger partial charge >= 0.3 is 0 Å². The average molecular weight is 451 g/mol. The molecule has 0 spiro atoms. The molecule has 2 aromatic carbocycles. The fourth-order valence-electron chi connectivity index (χ4n) is 4.54. The number of hydrogen-bond acceptors (Lipinski definition) is 2. The van der Waals surface area contributed by atoms with Gasteiger partial charge in [0.15, 0.2) is 0 Å². The van der Waals surface area contributed by atoms with E-state index in [4.69, 9.17) is 0 Å². The van der Waals surface area contributed by atoms with Gasteiger partial charge in [0, 0.05) is 39.5 Å². The van der Waals surface area contributed by atoms with E-state index in [9.17, 15) is 18.0 Å². The lowest BCUT2D eigenvalue weighted by Crippen LogP contribution is -2.35. The molecule has 1 saturated carbocycles. The summed E-state index contributed by atoms with van der Waals surface area (Å²) in [6.45, 7) is 6.75. The van der Waals surface area contributed by atoms with Crippen LogP contribution < -0.4 is 10.2 Å². The van der Waals surface area contributed by atoms with Crippen molar-refractivity contribution in [2.24, 2.45) is 5.41 Å². The molecule has 3 nitrogen and oxygen atoms in total. The summed E-state index contributed by atoms with van der Waals surface area (Å²) in [6, 6.07) is 7.72. The molecule has 0 bridgehead atoms. The minimum absolute atomic E-state index is 0. The van der Waals surface area contributed by atoms with Crippen LogP contribution in [0.25, 0.3) is 0 Å². The summed E-state index contributed by atoms with van der Waals surface area (Å²) in [6.07, 6.45) is 0.0732. The van der Waals surface area contributed by atoms with Gasteiger partial charge in [-0.2, -0.15) is 0 Å². The topological polar surface area (TPSA) is 32.3 Å². The summed E-state index contributed by atoms with van der Waals surface area (Å²) >= 11 is 0. The molecule has 1 amide bonds. The zero-order valence-corrected chi connectivity index (χ0v) is 18.6. The van der Waals surface area contributed by atoms with Crippen LogP contribution in [0.5, 0.6) is 0 Å². The Morgan fingerprint density at radius 2 is 1.88 bits per heavy atom. The third-order valence-corrected chi connectivity index (χ3v) is 6.14. The molecule has 4 rings (SSSR count). The number of halogens is 4. The maximum Gasteiger partial charge on any atom is 0.249 e. The van der Waals surface area contributed by atoms with E-state index in [1.54, 1.807) is 12.1 Å². The van der Waals surface area contributed by atoms with Crippen LogP contribution in [0.2, 0.25) is 0 Å². The Morgan fingerprint density at radius 1 is 1.16 bits per heavy atom. The molecule has 1 N–H and O–H groups in total. The first-order valence-corrected chi connectivity index (χ1v) is 10.9. The molecular weight excluding hydrogens is 420 g/mol. The van der Waals surface area contributed by atoms with Crippen LogP contribution in [-0.4, -0.2) is 18.4 Å². The van der Waals surface area contributed by atoms with Crippen molar-refractivity contribution in [3.8, 4) is 0 Å². The van der Waals surface area contributed by atoms with Gasteiger partial charge in [-0.15, -0.1) is 0 Å². The zero-order valence-electron chi connectivity index (χ0n) is 18.6. The lowest BCUT2D eigenvalue weighted by atomic mass is 9.75. The van der Waals surface area contributed by atoms with E-state index in [0.717, 1.165) is 11.1 Å².